The molecule has 10 heteroatoms. The second kappa shape index (κ2) is 82.4. The van der Waals surface area contributed by atoms with Crippen molar-refractivity contribution in [1.82, 2.24) is 0 Å². The molecule has 0 aromatic carbocycles. The number of unbranched alkanes of at least 4 members (excludes halogenated alkanes) is 36. The fourth-order valence-electron chi connectivity index (χ4n) is 11.7. The zero-order valence-electron chi connectivity index (χ0n) is 67.9. The molecule has 0 heterocycles. The zero-order valence-corrected chi connectivity index (χ0v) is 68.8. The number of ether oxygens (including phenoxy) is 2. The highest BCUT2D eigenvalue weighted by atomic mass is 31.2. The van der Waals surface area contributed by atoms with Crippen LogP contribution in [0, 0.1) is 0 Å². The van der Waals surface area contributed by atoms with Crippen molar-refractivity contribution in [3.05, 3.63) is 170 Å². The molecule has 0 aliphatic heterocycles. The first-order valence-electron chi connectivity index (χ1n) is 42.8. The van der Waals surface area contributed by atoms with Crippen molar-refractivity contribution < 1.29 is 42.1 Å². The molecule has 104 heavy (non-hydrogen) atoms. The first-order valence-corrected chi connectivity index (χ1v) is 44.3. The van der Waals surface area contributed by atoms with Gasteiger partial charge in [0, 0.05) is 12.8 Å². The molecule has 0 amide bonds. The second-order valence-electron chi connectivity index (χ2n) is 29.5. The molecular formula is C94H160NO8P. The second-order valence-corrected chi connectivity index (χ2v) is 30.9. The smallest absolute Gasteiger partial charge is 0.306 e. The lowest BCUT2D eigenvalue weighted by molar-refractivity contribution is -0.870. The molecule has 0 saturated heterocycles. The fourth-order valence-corrected chi connectivity index (χ4v) is 12.5. The third kappa shape index (κ3) is 86.3. The number of esters is 2. The summed E-state index contributed by atoms with van der Waals surface area (Å²) in [5, 5.41) is 0. The number of phosphoric acid groups is 1. The minimum Gasteiger partial charge on any atom is -0.756 e. The zero-order chi connectivity index (χ0) is 75.4. The summed E-state index contributed by atoms with van der Waals surface area (Å²) in [6.07, 6.45) is 125. The van der Waals surface area contributed by atoms with Gasteiger partial charge in [-0.15, -0.1) is 0 Å². The van der Waals surface area contributed by atoms with Crippen LogP contribution < -0.4 is 4.89 Å². The molecule has 594 valence electrons. The molecule has 0 fully saturated rings. The highest BCUT2D eigenvalue weighted by Gasteiger charge is 2.22. The van der Waals surface area contributed by atoms with Crippen LogP contribution in [0.15, 0.2) is 170 Å². The van der Waals surface area contributed by atoms with E-state index in [9.17, 15) is 19.0 Å². The van der Waals surface area contributed by atoms with Crippen molar-refractivity contribution >= 4 is 19.8 Å². The molecule has 9 nitrogen and oxygen atoms in total. The lowest BCUT2D eigenvalue weighted by Gasteiger charge is -2.28. The molecule has 2 unspecified atom stereocenters. The summed E-state index contributed by atoms with van der Waals surface area (Å²) in [6.45, 7) is 4.11. The van der Waals surface area contributed by atoms with Gasteiger partial charge in [-0.25, -0.2) is 0 Å². The summed E-state index contributed by atoms with van der Waals surface area (Å²) in [5.41, 5.74) is 0. The van der Waals surface area contributed by atoms with Gasteiger partial charge in [0.2, 0.25) is 0 Å². The third-order valence-electron chi connectivity index (χ3n) is 18.2. The van der Waals surface area contributed by atoms with Crippen molar-refractivity contribution in [2.24, 2.45) is 0 Å². The third-order valence-corrected chi connectivity index (χ3v) is 19.2. The van der Waals surface area contributed by atoms with Crippen LogP contribution in [0.4, 0.5) is 0 Å². The van der Waals surface area contributed by atoms with E-state index in [-0.39, 0.29) is 32.0 Å². The van der Waals surface area contributed by atoms with Gasteiger partial charge in [0.25, 0.3) is 7.82 Å². The normalized spacial score (nSPS) is 13.9. The van der Waals surface area contributed by atoms with Crippen LogP contribution in [0.3, 0.4) is 0 Å². The molecule has 0 aliphatic carbocycles. The Labute approximate surface area is 642 Å². The minimum absolute atomic E-state index is 0.0415. The van der Waals surface area contributed by atoms with E-state index in [0.29, 0.717) is 17.4 Å². The summed E-state index contributed by atoms with van der Waals surface area (Å²) in [7, 11) is 1.14. The predicted octanol–water partition coefficient (Wildman–Crippen LogP) is 28.5. The maximum absolute atomic E-state index is 12.9. The molecule has 2 atom stereocenters. The largest absolute Gasteiger partial charge is 0.756 e. The van der Waals surface area contributed by atoms with E-state index in [1.54, 1.807) is 0 Å². The van der Waals surface area contributed by atoms with Crippen LogP contribution in [-0.2, 0) is 32.7 Å². The quantitative estimate of drug-likeness (QED) is 0.0195. The fraction of sp³-hybridized carbons (Fsp3) is 0.681. The first kappa shape index (κ1) is 99.4. The van der Waals surface area contributed by atoms with Gasteiger partial charge in [-0.3, -0.25) is 14.2 Å². The molecule has 0 rings (SSSR count). The van der Waals surface area contributed by atoms with E-state index in [1.807, 2.05) is 21.1 Å². The van der Waals surface area contributed by atoms with Crippen molar-refractivity contribution in [2.45, 2.75) is 367 Å². The maximum atomic E-state index is 12.9. The molecular weight excluding hydrogens is 1300 g/mol. The van der Waals surface area contributed by atoms with Gasteiger partial charge < -0.3 is 27.9 Å². The Bertz CT molecular complexity index is 2370. The Kier molecular flexibility index (Phi) is 78.8. The van der Waals surface area contributed by atoms with Crippen LogP contribution in [0.1, 0.15) is 361 Å². The van der Waals surface area contributed by atoms with Gasteiger partial charge in [-0.05, 0) is 135 Å². The van der Waals surface area contributed by atoms with Crippen molar-refractivity contribution in [3.8, 4) is 0 Å². The summed E-state index contributed by atoms with van der Waals surface area (Å²) >= 11 is 0. The number of hydrogen-bond donors (Lipinski definition) is 0. The molecule has 0 bridgehead atoms. The molecule has 0 aromatic rings. The van der Waals surface area contributed by atoms with Crippen LogP contribution in [-0.4, -0.2) is 70.0 Å². The van der Waals surface area contributed by atoms with Gasteiger partial charge in [0.05, 0.1) is 27.7 Å². The van der Waals surface area contributed by atoms with Gasteiger partial charge in [0.1, 0.15) is 19.8 Å². The number of likely N-dealkylation sites (N-methyl/N-ethyl adjacent to an activating group) is 1. The molecule has 0 spiro atoms. The molecule has 0 aromatic heterocycles. The number of nitrogens with zero attached hydrogens (tertiary/aromatic N) is 1. The Morgan fingerprint density at radius 3 is 0.817 bits per heavy atom. The van der Waals surface area contributed by atoms with E-state index in [4.69, 9.17) is 18.5 Å². The molecule has 0 aliphatic rings. The first-order chi connectivity index (χ1) is 51.0. The van der Waals surface area contributed by atoms with Crippen molar-refractivity contribution in [3.63, 3.8) is 0 Å². The highest BCUT2D eigenvalue weighted by Crippen LogP contribution is 2.38. The topological polar surface area (TPSA) is 111 Å². The Morgan fingerprint density at radius 2 is 0.548 bits per heavy atom. The van der Waals surface area contributed by atoms with Crippen molar-refractivity contribution in [1.29, 1.82) is 0 Å². The number of rotatable bonds is 78. The van der Waals surface area contributed by atoms with E-state index in [0.717, 1.165) is 135 Å². The van der Waals surface area contributed by atoms with Crippen LogP contribution in [0.5, 0.6) is 0 Å². The summed E-state index contributed by atoms with van der Waals surface area (Å²) in [6, 6.07) is 0. The average molecular weight is 1460 g/mol. The Balaban J connectivity index is 4.01. The van der Waals surface area contributed by atoms with E-state index in [2.05, 4.69) is 184 Å². The molecule has 0 saturated carbocycles. The summed E-state index contributed by atoms with van der Waals surface area (Å²) in [4.78, 5) is 38.2. The Hall–Kier alpha value is -4.63. The minimum atomic E-state index is -4.66. The number of allylic oxidation sites excluding steroid dienone is 28. The lowest BCUT2D eigenvalue weighted by atomic mass is 10.0. The molecule has 0 radical (unpaired) electrons. The van der Waals surface area contributed by atoms with Gasteiger partial charge in [-0.2, -0.15) is 0 Å². The highest BCUT2D eigenvalue weighted by molar-refractivity contribution is 7.45. The predicted molar refractivity (Wildman–Crippen MR) is 452 cm³/mol. The average Bonchev–Trinajstić information content (AvgIpc) is 0.915. The van der Waals surface area contributed by atoms with E-state index >= 15 is 0 Å². The van der Waals surface area contributed by atoms with Gasteiger partial charge in [-0.1, -0.05) is 383 Å². The van der Waals surface area contributed by atoms with E-state index < -0.39 is 26.5 Å². The number of carbonyl (C=O) groups excluding carboxylic acids is 2. The van der Waals surface area contributed by atoms with Crippen molar-refractivity contribution in [2.75, 3.05) is 47.5 Å². The number of carbonyl (C=O) groups is 2. The van der Waals surface area contributed by atoms with Crippen LogP contribution >= 0.6 is 7.82 Å². The Morgan fingerprint density at radius 1 is 0.308 bits per heavy atom. The number of quaternary nitrogens is 1. The maximum Gasteiger partial charge on any atom is 0.306 e. The standard InChI is InChI=1S/C94H160NO8P/c1-6-8-10-12-14-16-18-20-22-24-26-28-30-32-34-36-38-40-42-44-46-47-49-50-52-54-56-58-60-62-64-66-68-70-72-74-76-78-80-82-84-86-93(96)100-90-92(91-102-104(98,99)101-89-88-95(3,4)5)103-94(97)87-85-83-81-79-77-75-73-71-69-67-65-63-61-59-57-55-53-51-48-45-43-41-39-37-35-33-31-29-27-25-23-21-19-17-15-13-11-9-7-2/h9,11,15,17-18,20-21,23-24,26-27,29-30,32-33,35,39,41,45,48,53,55,59,61,65,67,71,73,92H,6-8,10,12-14,16,19,22,25,28,31,34,36-38,40,42-44,46-47,49-52,54,56-58,60,62-64,66,68-70,72,74-91H2,1-5H3/b11-9-,17-15-,20-18-,23-21-,26-24-,29-27-,32-30-,35-33-,41-39-,48-45-,55-53-,61-59-,67-65-,73-71-. The van der Waals surface area contributed by atoms with E-state index in [1.165, 1.54) is 193 Å². The van der Waals surface area contributed by atoms with Crippen LogP contribution in [0.2, 0.25) is 0 Å². The lowest BCUT2D eigenvalue weighted by Crippen LogP contribution is -2.37. The summed E-state index contributed by atoms with van der Waals surface area (Å²) in [5.74, 6) is -0.853. The monoisotopic (exact) mass is 1460 g/mol. The van der Waals surface area contributed by atoms with Crippen LogP contribution in [0.25, 0.3) is 0 Å². The number of hydrogen-bond acceptors (Lipinski definition) is 8. The van der Waals surface area contributed by atoms with Gasteiger partial charge in [0.15, 0.2) is 6.10 Å². The number of phosphoric ester groups is 1. The molecule has 0 N–H and O–H groups in total. The SMILES string of the molecule is CC/C=C\C/C=C\C/C=C\C/C=C\C/C=C\C/C=C\C/C=C\C/C=C\C/C=C\C/C=C\C/C=C\CCCCCCCC(=O)OC(COC(=O)CCCCCCCCCCCCCCCCCCCCCCCCCCCC/C=C\C/C=C\C/C=C\CCCCCCC)COP(=O)([O-])OCC[N+](C)(C)C. The van der Waals surface area contributed by atoms with Gasteiger partial charge >= 0.3 is 11.9 Å². The summed E-state index contributed by atoms with van der Waals surface area (Å²) < 4.78 is 34.4.